The van der Waals surface area contributed by atoms with Crippen molar-refractivity contribution in [2.24, 2.45) is 0 Å². The summed E-state index contributed by atoms with van der Waals surface area (Å²) in [5.74, 6) is 0. The molecule has 0 saturated heterocycles. The Morgan fingerprint density at radius 1 is 0.447 bits per heavy atom. The van der Waals surface area contributed by atoms with Crippen molar-refractivity contribution in [1.82, 2.24) is 0 Å². The molecule has 5 heteroatoms. The second-order valence-corrected chi connectivity index (χ2v) is 12.6. The first-order valence-corrected chi connectivity index (χ1v) is 17.4. The van der Waals surface area contributed by atoms with Gasteiger partial charge in [0.15, 0.2) is 0 Å². The number of phosphoric acid groups is 1. The van der Waals surface area contributed by atoms with E-state index in [-0.39, 0.29) is 0 Å². The molecule has 0 amide bonds. The molecule has 0 unspecified atom stereocenters. The molecule has 0 aromatic heterocycles. The summed E-state index contributed by atoms with van der Waals surface area (Å²) < 4.78 is 29.9. The maximum atomic E-state index is 13.0. The third kappa shape index (κ3) is 24.4. The lowest BCUT2D eigenvalue weighted by atomic mass is 10.1. The third-order valence-corrected chi connectivity index (χ3v) is 8.10. The zero-order chi connectivity index (χ0) is 28.3. The number of unbranched alkanes of at least 4 members (excludes halogenated alkanes) is 15. The zero-order valence-electron chi connectivity index (χ0n) is 26.2. The fourth-order valence-electron chi connectivity index (χ4n) is 4.49. The smallest absolute Gasteiger partial charge is 0.287 e. The highest BCUT2D eigenvalue weighted by Crippen LogP contribution is 2.50. The summed E-state index contributed by atoms with van der Waals surface area (Å²) in [4.78, 5) is 0. The summed E-state index contributed by atoms with van der Waals surface area (Å²) in [5.41, 5.74) is 4.06. The second-order valence-electron chi connectivity index (χ2n) is 10.9. The lowest BCUT2D eigenvalue weighted by Gasteiger charge is -2.18. The lowest BCUT2D eigenvalue weighted by Crippen LogP contribution is -2.04. The van der Waals surface area contributed by atoms with Crippen molar-refractivity contribution in [3.05, 3.63) is 34.9 Å². The number of hydrogen-bond acceptors (Lipinski definition) is 4. The molecule has 0 aliphatic heterocycles. The van der Waals surface area contributed by atoms with Gasteiger partial charge in [0.25, 0.3) is 0 Å². The van der Waals surface area contributed by atoms with E-state index >= 15 is 0 Å². The van der Waals surface area contributed by atoms with Gasteiger partial charge in [-0.3, -0.25) is 13.6 Å². The van der Waals surface area contributed by atoms with Gasteiger partial charge in [-0.1, -0.05) is 152 Å². The van der Waals surface area contributed by atoms with E-state index in [2.05, 4.69) is 59.7 Å². The molecule has 0 aliphatic rings. The van der Waals surface area contributed by atoms with Crippen LogP contribution in [0, 0.1) is 20.8 Å². The van der Waals surface area contributed by atoms with Crippen LogP contribution in [0.25, 0.3) is 0 Å². The van der Waals surface area contributed by atoms with Crippen molar-refractivity contribution < 1.29 is 18.1 Å². The van der Waals surface area contributed by atoms with Crippen LogP contribution in [0.2, 0.25) is 0 Å². The van der Waals surface area contributed by atoms with E-state index in [1.54, 1.807) is 0 Å². The van der Waals surface area contributed by atoms with Crippen molar-refractivity contribution in [3.63, 3.8) is 0 Å². The van der Waals surface area contributed by atoms with Gasteiger partial charge >= 0.3 is 7.82 Å². The molecule has 0 atom stereocenters. The Balaban J connectivity index is 0.00000127. The summed E-state index contributed by atoms with van der Waals surface area (Å²) in [6.45, 7) is 14.5. The lowest BCUT2D eigenvalue weighted by molar-refractivity contribution is 0.108. The van der Waals surface area contributed by atoms with Crippen LogP contribution in [0.15, 0.2) is 18.2 Å². The molecule has 0 bridgehead atoms. The van der Waals surface area contributed by atoms with Gasteiger partial charge in [0.1, 0.15) is 0 Å². The molecule has 0 spiro atoms. The highest BCUT2D eigenvalue weighted by molar-refractivity contribution is 7.48. The van der Waals surface area contributed by atoms with Crippen LogP contribution in [-0.2, 0) is 18.1 Å². The Bertz CT molecular complexity index is 589. The largest absolute Gasteiger partial charge is 0.474 e. The number of rotatable bonds is 24. The van der Waals surface area contributed by atoms with E-state index in [9.17, 15) is 4.57 Å². The minimum Gasteiger partial charge on any atom is -0.287 e. The highest BCUT2D eigenvalue weighted by atomic mass is 31.2. The number of hydrogen-bond donors (Lipinski definition) is 0. The molecule has 1 rings (SSSR count). The highest BCUT2D eigenvalue weighted by Gasteiger charge is 2.26. The first kappa shape index (κ1) is 37.3. The Hall–Kier alpha value is -0.670. The van der Waals surface area contributed by atoms with Crippen molar-refractivity contribution in [3.8, 4) is 0 Å². The molecule has 38 heavy (non-hydrogen) atoms. The Morgan fingerprint density at radius 3 is 0.947 bits per heavy atom. The first-order valence-electron chi connectivity index (χ1n) is 15.9. The van der Waals surface area contributed by atoms with Crippen LogP contribution in [-0.4, -0.2) is 19.8 Å². The maximum absolute atomic E-state index is 13.0. The summed E-state index contributed by atoms with van der Waals surface area (Å²) in [5, 5.41) is 0. The maximum Gasteiger partial charge on any atom is 0.474 e. The molecule has 0 saturated carbocycles. The van der Waals surface area contributed by atoms with Crippen LogP contribution in [0.5, 0.6) is 0 Å². The van der Waals surface area contributed by atoms with Gasteiger partial charge in [-0.2, -0.15) is 0 Å². The van der Waals surface area contributed by atoms with E-state index in [0.717, 1.165) is 38.5 Å². The van der Waals surface area contributed by atoms with Gasteiger partial charge in [0.2, 0.25) is 0 Å². The predicted molar refractivity (Wildman–Crippen MR) is 166 cm³/mol. The predicted octanol–water partition coefficient (Wildman–Crippen LogP) is 11.8. The topological polar surface area (TPSA) is 44.8 Å². The fourth-order valence-corrected chi connectivity index (χ4v) is 5.77. The summed E-state index contributed by atoms with van der Waals surface area (Å²) in [7, 11) is -3.40. The van der Waals surface area contributed by atoms with E-state index in [4.69, 9.17) is 13.6 Å². The van der Waals surface area contributed by atoms with Gasteiger partial charge in [-0.15, -0.1) is 0 Å². The molecule has 1 aromatic rings. The summed E-state index contributed by atoms with van der Waals surface area (Å²) >= 11 is 0. The van der Waals surface area contributed by atoms with Gasteiger partial charge in [-0.25, -0.2) is 4.57 Å². The molecular formula is C33H63O4P. The fraction of sp³-hybridized carbons (Fsp3) is 0.818. The summed E-state index contributed by atoms with van der Waals surface area (Å²) in [6.07, 6.45) is 21.3. The normalized spacial score (nSPS) is 11.4. The Kier molecular flexibility index (Phi) is 26.1. The van der Waals surface area contributed by atoms with Crippen molar-refractivity contribution in [2.45, 2.75) is 157 Å². The average Bonchev–Trinajstić information content (AvgIpc) is 2.87. The molecule has 4 nitrogen and oxygen atoms in total. The number of aryl methyl sites for hydroxylation is 3. The zero-order valence-corrected chi connectivity index (χ0v) is 27.1. The van der Waals surface area contributed by atoms with Crippen LogP contribution >= 0.6 is 7.82 Å². The van der Waals surface area contributed by atoms with Crippen molar-refractivity contribution in [1.29, 1.82) is 0 Å². The summed E-state index contributed by atoms with van der Waals surface area (Å²) in [6, 6.07) is 6.56. The molecule has 0 N–H and O–H groups in total. The Labute approximate surface area is 237 Å². The van der Waals surface area contributed by atoms with Crippen LogP contribution in [0.1, 0.15) is 153 Å². The molecular weight excluding hydrogens is 491 g/mol. The molecule has 0 fully saturated rings. The minimum absolute atomic E-state index is 0.469. The monoisotopic (exact) mass is 554 g/mol. The van der Waals surface area contributed by atoms with Crippen LogP contribution < -0.4 is 0 Å². The van der Waals surface area contributed by atoms with Crippen molar-refractivity contribution in [2.75, 3.05) is 19.8 Å². The van der Waals surface area contributed by atoms with E-state index in [1.807, 2.05) is 0 Å². The number of phosphoric ester groups is 1. The quantitative estimate of drug-likeness (QED) is 0.0941. The van der Waals surface area contributed by atoms with E-state index < -0.39 is 7.82 Å². The van der Waals surface area contributed by atoms with E-state index in [1.165, 1.54) is 93.7 Å². The van der Waals surface area contributed by atoms with E-state index in [0.29, 0.717) is 19.8 Å². The number of benzene rings is 1. The second kappa shape index (κ2) is 26.5. The van der Waals surface area contributed by atoms with Crippen LogP contribution in [0.4, 0.5) is 0 Å². The first-order chi connectivity index (χ1) is 18.4. The van der Waals surface area contributed by atoms with Gasteiger partial charge in [-0.05, 0) is 40.0 Å². The third-order valence-electron chi connectivity index (χ3n) is 6.61. The molecule has 0 aliphatic carbocycles. The Morgan fingerprint density at radius 2 is 0.684 bits per heavy atom. The molecule has 224 valence electrons. The van der Waals surface area contributed by atoms with Crippen LogP contribution in [0.3, 0.4) is 0 Å². The standard InChI is InChI=1S/C24H51O4P.C9H12/c1-4-7-10-13-16-19-22-26-29(25,27-23-20-17-14-11-8-5-2)28-24-21-18-15-12-9-6-3;1-7-4-8(2)6-9(3)5-7/h4-24H2,1-3H3;4-6H,1-3H3. The molecule has 0 heterocycles. The van der Waals surface area contributed by atoms with Gasteiger partial charge < -0.3 is 0 Å². The molecule has 0 radical (unpaired) electrons. The SMILES string of the molecule is CCCCCCCCOP(=O)(OCCCCCCCC)OCCCCCCCC.Cc1cc(C)cc(C)c1. The van der Waals surface area contributed by atoms with Gasteiger partial charge in [0, 0.05) is 0 Å². The van der Waals surface area contributed by atoms with Gasteiger partial charge in [0.05, 0.1) is 19.8 Å². The average molecular weight is 555 g/mol. The molecule has 1 aromatic carbocycles. The van der Waals surface area contributed by atoms with Crippen molar-refractivity contribution >= 4 is 7.82 Å². The minimum atomic E-state index is -3.40.